The number of piperazine rings is 1. The van der Waals surface area contributed by atoms with Crippen LogP contribution in [-0.4, -0.2) is 71.3 Å². The Morgan fingerprint density at radius 1 is 1.43 bits per heavy atom. The lowest BCUT2D eigenvalue weighted by Crippen LogP contribution is -2.50. The zero-order valence-electron chi connectivity index (χ0n) is 12.7. The lowest BCUT2D eigenvalue weighted by molar-refractivity contribution is -0.117. The molecule has 1 atom stereocenters. The summed E-state index contributed by atoms with van der Waals surface area (Å²) in [7, 11) is 0. The topological polar surface area (TPSA) is 81.8 Å². The molecule has 118 valence electrons. The Morgan fingerprint density at radius 3 is 2.67 bits per heavy atom. The van der Waals surface area contributed by atoms with Crippen molar-refractivity contribution in [2.75, 3.05) is 44.6 Å². The molecular weight excluding hydrogens is 272 g/mol. The van der Waals surface area contributed by atoms with E-state index in [2.05, 4.69) is 20.3 Å². The molecule has 0 bridgehead atoms. The second-order valence-electron chi connectivity index (χ2n) is 5.51. The maximum absolute atomic E-state index is 11.9. The monoisotopic (exact) mass is 296 g/mol. The second-order valence-corrected chi connectivity index (χ2v) is 5.51. The SMILES string of the molecule is CCC(O)CN1CCN(CC(=O)Nc2cc(C)on2)CC1. The molecule has 7 heteroatoms. The first-order chi connectivity index (χ1) is 10.1. The summed E-state index contributed by atoms with van der Waals surface area (Å²) >= 11 is 0. The van der Waals surface area contributed by atoms with Crippen molar-refractivity contribution in [3.63, 3.8) is 0 Å². The molecule has 1 aromatic rings. The normalized spacial score (nSPS) is 18.6. The Hall–Kier alpha value is -1.44. The van der Waals surface area contributed by atoms with Crippen LogP contribution in [0.1, 0.15) is 19.1 Å². The molecule has 2 rings (SSSR count). The van der Waals surface area contributed by atoms with Gasteiger partial charge in [0.2, 0.25) is 5.91 Å². The van der Waals surface area contributed by atoms with Gasteiger partial charge in [0.1, 0.15) is 5.76 Å². The first-order valence-electron chi connectivity index (χ1n) is 7.42. The standard InChI is InChI=1S/C14H24N4O3/c1-3-12(19)9-17-4-6-18(7-5-17)10-14(20)15-13-8-11(2)21-16-13/h8,12,19H,3-7,9-10H2,1-2H3,(H,15,16,20). The Labute approximate surface area is 124 Å². The zero-order valence-corrected chi connectivity index (χ0v) is 12.7. The second kappa shape index (κ2) is 7.53. The fourth-order valence-corrected chi connectivity index (χ4v) is 2.37. The lowest BCUT2D eigenvalue weighted by Gasteiger charge is -2.35. The molecule has 1 aliphatic rings. The minimum absolute atomic E-state index is 0.0784. The van der Waals surface area contributed by atoms with Gasteiger partial charge in [-0.05, 0) is 13.3 Å². The van der Waals surface area contributed by atoms with Crippen molar-refractivity contribution in [3.8, 4) is 0 Å². The third-order valence-electron chi connectivity index (χ3n) is 3.67. The van der Waals surface area contributed by atoms with E-state index in [1.807, 2.05) is 6.92 Å². The van der Waals surface area contributed by atoms with Crippen molar-refractivity contribution in [3.05, 3.63) is 11.8 Å². The Balaban J connectivity index is 1.69. The van der Waals surface area contributed by atoms with Gasteiger partial charge in [-0.2, -0.15) is 0 Å². The van der Waals surface area contributed by atoms with Crippen LogP contribution >= 0.6 is 0 Å². The van der Waals surface area contributed by atoms with Crippen LogP contribution < -0.4 is 5.32 Å². The van der Waals surface area contributed by atoms with Crippen LogP contribution in [0.2, 0.25) is 0 Å². The van der Waals surface area contributed by atoms with Crippen molar-refractivity contribution >= 4 is 11.7 Å². The highest BCUT2D eigenvalue weighted by atomic mass is 16.5. The number of aryl methyl sites for hydroxylation is 1. The van der Waals surface area contributed by atoms with Crippen molar-refractivity contribution in [2.45, 2.75) is 26.4 Å². The number of β-amino-alcohol motifs (C(OH)–C–C–N with tert-alkyl or cyclic N) is 1. The first kappa shape index (κ1) is 15.9. The predicted octanol–water partition coefficient (Wildman–Crippen LogP) is 0.310. The Morgan fingerprint density at radius 2 is 2.10 bits per heavy atom. The number of carbonyl (C=O) groups excluding carboxylic acids is 1. The van der Waals surface area contributed by atoms with Gasteiger partial charge >= 0.3 is 0 Å². The summed E-state index contributed by atoms with van der Waals surface area (Å²) in [6, 6.07) is 1.70. The number of aliphatic hydroxyl groups excluding tert-OH is 1. The van der Waals surface area contributed by atoms with Crippen LogP contribution in [-0.2, 0) is 4.79 Å². The number of nitrogens with zero attached hydrogens (tertiary/aromatic N) is 3. The predicted molar refractivity (Wildman–Crippen MR) is 79.0 cm³/mol. The summed E-state index contributed by atoms with van der Waals surface area (Å²) in [5.74, 6) is 1.06. The molecule has 1 aliphatic heterocycles. The maximum atomic E-state index is 11.9. The van der Waals surface area contributed by atoms with E-state index in [4.69, 9.17) is 4.52 Å². The van der Waals surface area contributed by atoms with E-state index in [0.717, 1.165) is 39.1 Å². The third-order valence-corrected chi connectivity index (χ3v) is 3.67. The van der Waals surface area contributed by atoms with Gasteiger partial charge in [0.25, 0.3) is 0 Å². The average Bonchev–Trinajstić information content (AvgIpc) is 2.86. The van der Waals surface area contributed by atoms with E-state index in [0.29, 0.717) is 18.1 Å². The van der Waals surface area contributed by atoms with Crippen LogP contribution in [0.4, 0.5) is 5.82 Å². The molecule has 1 aromatic heterocycles. The van der Waals surface area contributed by atoms with Gasteiger partial charge in [0.05, 0.1) is 12.6 Å². The lowest BCUT2D eigenvalue weighted by atomic mass is 10.2. The number of anilines is 1. The van der Waals surface area contributed by atoms with Crippen LogP contribution in [0.25, 0.3) is 0 Å². The molecule has 1 saturated heterocycles. The fraction of sp³-hybridized carbons (Fsp3) is 0.714. The minimum Gasteiger partial charge on any atom is -0.392 e. The largest absolute Gasteiger partial charge is 0.392 e. The molecule has 1 unspecified atom stereocenters. The van der Waals surface area contributed by atoms with Crippen molar-refractivity contribution in [1.82, 2.24) is 15.0 Å². The van der Waals surface area contributed by atoms with Crippen molar-refractivity contribution in [1.29, 1.82) is 0 Å². The number of aliphatic hydroxyl groups is 1. The Kier molecular flexibility index (Phi) is 5.72. The molecule has 1 fully saturated rings. The molecule has 0 radical (unpaired) electrons. The molecule has 0 aromatic carbocycles. The molecule has 0 aliphatic carbocycles. The molecule has 2 heterocycles. The van der Waals surface area contributed by atoms with Crippen LogP contribution in [0.5, 0.6) is 0 Å². The number of aromatic nitrogens is 1. The maximum Gasteiger partial charge on any atom is 0.239 e. The average molecular weight is 296 g/mol. The zero-order chi connectivity index (χ0) is 15.2. The van der Waals surface area contributed by atoms with Crippen LogP contribution in [0.15, 0.2) is 10.6 Å². The summed E-state index contributed by atoms with van der Waals surface area (Å²) in [6.07, 6.45) is 0.523. The number of rotatable bonds is 6. The quantitative estimate of drug-likeness (QED) is 0.786. The number of hydrogen-bond donors (Lipinski definition) is 2. The van der Waals surface area contributed by atoms with Crippen molar-refractivity contribution < 1.29 is 14.4 Å². The van der Waals surface area contributed by atoms with Crippen molar-refractivity contribution in [2.24, 2.45) is 0 Å². The van der Waals surface area contributed by atoms with E-state index in [1.165, 1.54) is 0 Å². The van der Waals surface area contributed by atoms with Gasteiger partial charge < -0.3 is 14.9 Å². The van der Waals surface area contributed by atoms with Gasteiger partial charge in [-0.1, -0.05) is 12.1 Å². The molecule has 1 amide bonds. The van der Waals surface area contributed by atoms with E-state index in [-0.39, 0.29) is 12.0 Å². The van der Waals surface area contributed by atoms with Gasteiger partial charge in [-0.15, -0.1) is 0 Å². The first-order valence-corrected chi connectivity index (χ1v) is 7.42. The smallest absolute Gasteiger partial charge is 0.239 e. The van der Waals surface area contributed by atoms with E-state index >= 15 is 0 Å². The van der Waals surface area contributed by atoms with Gasteiger partial charge in [0, 0.05) is 38.8 Å². The van der Waals surface area contributed by atoms with Gasteiger partial charge in [0.15, 0.2) is 5.82 Å². The highest BCUT2D eigenvalue weighted by molar-refractivity contribution is 5.91. The molecule has 0 spiro atoms. The highest BCUT2D eigenvalue weighted by Gasteiger charge is 2.20. The molecule has 2 N–H and O–H groups in total. The number of carbonyl (C=O) groups is 1. The van der Waals surface area contributed by atoms with E-state index in [9.17, 15) is 9.90 Å². The fourth-order valence-electron chi connectivity index (χ4n) is 2.37. The van der Waals surface area contributed by atoms with Crippen LogP contribution in [0, 0.1) is 6.92 Å². The molecule has 7 nitrogen and oxygen atoms in total. The molecule has 21 heavy (non-hydrogen) atoms. The van der Waals surface area contributed by atoms with E-state index in [1.54, 1.807) is 13.0 Å². The third kappa shape index (κ3) is 5.11. The summed E-state index contributed by atoms with van der Waals surface area (Å²) in [5, 5.41) is 16.1. The summed E-state index contributed by atoms with van der Waals surface area (Å²) < 4.78 is 4.91. The summed E-state index contributed by atoms with van der Waals surface area (Å²) in [5.41, 5.74) is 0. The number of nitrogens with one attached hydrogen (secondary N) is 1. The Bertz CT molecular complexity index is 455. The van der Waals surface area contributed by atoms with Crippen LogP contribution in [0.3, 0.4) is 0 Å². The summed E-state index contributed by atoms with van der Waals surface area (Å²) in [4.78, 5) is 16.3. The number of hydrogen-bond acceptors (Lipinski definition) is 6. The molecule has 0 saturated carbocycles. The van der Waals surface area contributed by atoms with Gasteiger partial charge in [-0.3, -0.25) is 14.6 Å². The molecular formula is C14H24N4O3. The van der Waals surface area contributed by atoms with Gasteiger partial charge in [-0.25, -0.2) is 0 Å². The highest BCUT2D eigenvalue weighted by Crippen LogP contribution is 2.08. The number of amides is 1. The van der Waals surface area contributed by atoms with E-state index < -0.39 is 0 Å². The summed E-state index contributed by atoms with van der Waals surface area (Å²) in [6.45, 7) is 8.28. The minimum atomic E-state index is -0.254.